The van der Waals surface area contributed by atoms with Gasteiger partial charge in [-0.25, -0.2) is 12.8 Å². The number of nitrogens with one attached hydrogen (secondary N) is 1. The van der Waals surface area contributed by atoms with Crippen molar-refractivity contribution in [2.75, 3.05) is 23.1 Å². The van der Waals surface area contributed by atoms with Crippen LogP contribution in [0, 0.1) is 5.82 Å². The summed E-state index contributed by atoms with van der Waals surface area (Å²) in [5.41, 5.74) is 6.25. The molecule has 3 N–H and O–H groups in total. The number of anilines is 2. The van der Waals surface area contributed by atoms with E-state index in [9.17, 15) is 12.8 Å². The second-order valence-electron chi connectivity index (χ2n) is 3.99. The second-order valence-corrected chi connectivity index (χ2v) is 6.58. The normalized spacial score (nSPS) is 13.4. The van der Waals surface area contributed by atoms with E-state index in [0.717, 1.165) is 12.3 Å². The summed E-state index contributed by atoms with van der Waals surface area (Å²) in [6.45, 7) is 1.67. The summed E-state index contributed by atoms with van der Waals surface area (Å²) >= 11 is 5.55. The van der Waals surface area contributed by atoms with E-state index in [4.69, 9.17) is 17.3 Å². The molecular weight excluding hydrogens is 267 g/mol. The molecule has 1 unspecified atom stereocenters. The minimum atomic E-state index is -3.10. The molecule has 1 aromatic rings. The van der Waals surface area contributed by atoms with Crippen LogP contribution < -0.4 is 11.1 Å². The molecule has 0 aliphatic carbocycles. The van der Waals surface area contributed by atoms with Gasteiger partial charge in [0.15, 0.2) is 0 Å². The molecule has 0 saturated carbocycles. The van der Waals surface area contributed by atoms with Crippen LogP contribution in [0.4, 0.5) is 15.8 Å². The molecule has 0 saturated heterocycles. The zero-order valence-electron chi connectivity index (χ0n) is 9.50. The van der Waals surface area contributed by atoms with Crippen LogP contribution in [0.15, 0.2) is 12.1 Å². The Kier molecular flexibility index (Phi) is 4.21. The van der Waals surface area contributed by atoms with Crippen molar-refractivity contribution in [3.8, 4) is 0 Å². The molecule has 7 heteroatoms. The van der Waals surface area contributed by atoms with Crippen molar-refractivity contribution < 1.29 is 12.8 Å². The number of hydrogen-bond acceptors (Lipinski definition) is 4. The quantitative estimate of drug-likeness (QED) is 0.827. The molecule has 0 aromatic heterocycles. The topological polar surface area (TPSA) is 72.2 Å². The first-order valence-electron chi connectivity index (χ1n) is 4.88. The first kappa shape index (κ1) is 14.1. The molecule has 0 heterocycles. The third-order valence-electron chi connectivity index (χ3n) is 2.05. The van der Waals surface area contributed by atoms with Gasteiger partial charge in [-0.2, -0.15) is 0 Å². The maximum absolute atomic E-state index is 13.2. The Hall–Kier alpha value is -1.01. The van der Waals surface area contributed by atoms with Crippen LogP contribution in [0.3, 0.4) is 0 Å². The smallest absolute Gasteiger partial charge is 0.149 e. The van der Waals surface area contributed by atoms with Crippen LogP contribution in [0.25, 0.3) is 0 Å². The summed E-state index contributed by atoms with van der Waals surface area (Å²) in [5, 5.41) is 2.77. The zero-order valence-corrected chi connectivity index (χ0v) is 11.1. The van der Waals surface area contributed by atoms with Crippen molar-refractivity contribution in [2.45, 2.75) is 13.0 Å². The lowest BCUT2D eigenvalue weighted by Gasteiger charge is -2.16. The minimum absolute atomic E-state index is 0.0588. The molecule has 0 amide bonds. The summed E-state index contributed by atoms with van der Waals surface area (Å²) < 4.78 is 35.3. The van der Waals surface area contributed by atoms with Gasteiger partial charge in [-0.15, -0.1) is 0 Å². The van der Waals surface area contributed by atoms with Gasteiger partial charge in [-0.3, -0.25) is 0 Å². The Bertz CT molecular complexity index is 519. The molecule has 4 nitrogen and oxygen atoms in total. The number of nitrogens with two attached hydrogens (primary N) is 1. The lowest BCUT2D eigenvalue weighted by molar-refractivity contribution is 0.598. The summed E-state index contributed by atoms with van der Waals surface area (Å²) in [6.07, 6.45) is 1.14. The fourth-order valence-electron chi connectivity index (χ4n) is 1.45. The van der Waals surface area contributed by atoms with Crippen LogP contribution in [-0.2, 0) is 9.84 Å². The van der Waals surface area contributed by atoms with Crippen LogP contribution in [0.2, 0.25) is 5.02 Å². The highest BCUT2D eigenvalue weighted by Gasteiger charge is 2.13. The lowest BCUT2D eigenvalue weighted by Crippen LogP contribution is -2.25. The van der Waals surface area contributed by atoms with Crippen LogP contribution in [0.5, 0.6) is 0 Å². The maximum Gasteiger partial charge on any atom is 0.149 e. The standard InChI is InChI=1S/C10H14ClFN2O2S/c1-6(5-17(2,15)16)14-10-4-8(12)7(11)3-9(10)13/h3-4,6,14H,5,13H2,1-2H3. The van der Waals surface area contributed by atoms with E-state index in [1.165, 1.54) is 6.07 Å². The molecule has 0 radical (unpaired) electrons. The average molecular weight is 281 g/mol. The van der Waals surface area contributed by atoms with Crippen LogP contribution >= 0.6 is 11.6 Å². The van der Waals surface area contributed by atoms with Gasteiger partial charge in [0, 0.05) is 18.4 Å². The molecule has 1 rings (SSSR count). The van der Waals surface area contributed by atoms with Gasteiger partial charge < -0.3 is 11.1 Å². The van der Waals surface area contributed by atoms with Gasteiger partial charge >= 0.3 is 0 Å². The largest absolute Gasteiger partial charge is 0.397 e. The summed E-state index contributed by atoms with van der Waals surface area (Å²) in [7, 11) is -3.10. The van der Waals surface area contributed by atoms with E-state index < -0.39 is 15.7 Å². The van der Waals surface area contributed by atoms with E-state index in [0.29, 0.717) is 5.69 Å². The Morgan fingerprint density at radius 2 is 2.12 bits per heavy atom. The maximum atomic E-state index is 13.2. The van der Waals surface area contributed by atoms with Crippen LogP contribution in [-0.4, -0.2) is 26.5 Å². The molecule has 0 fully saturated rings. The van der Waals surface area contributed by atoms with E-state index in [2.05, 4.69) is 5.32 Å². The van der Waals surface area contributed by atoms with E-state index >= 15 is 0 Å². The fourth-order valence-corrected chi connectivity index (χ4v) is 2.61. The Morgan fingerprint density at radius 3 is 2.65 bits per heavy atom. The third-order valence-corrected chi connectivity index (χ3v) is 3.44. The van der Waals surface area contributed by atoms with E-state index in [-0.39, 0.29) is 22.5 Å². The molecule has 1 aromatic carbocycles. The van der Waals surface area contributed by atoms with Crippen molar-refractivity contribution in [3.63, 3.8) is 0 Å². The SMILES string of the molecule is CC(CS(C)(=O)=O)Nc1cc(F)c(Cl)cc1N. The minimum Gasteiger partial charge on any atom is -0.397 e. The van der Waals surface area contributed by atoms with E-state index in [1.54, 1.807) is 6.92 Å². The van der Waals surface area contributed by atoms with Crippen molar-refractivity contribution in [2.24, 2.45) is 0 Å². The average Bonchev–Trinajstić information content (AvgIpc) is 2.11. The Morgan fingerprint density at radius 1 is 1.53 bits per heavy atom. The molecule has 17 heavy (non-hydrogen) atoms. The van der Waals surface area contributed by atoms with Crippen molar-refractivity contribution in [3.05, 3.63) is 23.0 Å². The van der Waals surface area contributed by atoms with Crippen molar-refractivity contribution in [1.82, 2.24) is 0 Å². The Balaban J connectivity index is 2.85. The predicted octanol–water partition coefficient (Wildman–Crippen LogP) is 1.91. The summed E-state index contributed by atoms with van der Waals surface area (Å²) in [4.78, 5) is 0. The molecular formula is C10H14ClFN2O2S. The van der Waals surface area contributed by atoms with Crippen molar-refractivity contribution >= 4 is 32.8 Å². The molecule has 1 atom stereocenters. The Labute approximate surface area is 105 Å². The molecule has 0 aliphatic heterocycles. The van der Waals surface area contributed by atoms with Gasteiger partial charge in [-0.1, -0.05) is 11.6 Å². The van der Waals surface area contributed by atoms with Gasteiger partial charge in [0.1, 0.15) is 15.7 Å². The number of sulfone groups is 1. The molecule has 96 valence electrons. The van der Waals surface area contributed by atoms with Gasteiger partial charge in [0.25, 0.3) is 0 Å². The van der Waals surface area contributed by atoms with E-state index in [1.807, 2.05) is 0 Å². The first-order chi connectivity index (χ1) is 7.69. The lowest BCUT2D eigenvalue weighted by atomic mass is 10.2. The zero-order chi connectivity index (χ0) is 13.2. The highest BCUT2D eigenvalue weighted by Crippen LogP contribution is 2.26. The van der Waals surface area contributed by atoms with Crippen LogP contribution in [0.1, 0.15) is 6.92 Å². The summed E-state index contributed by atoms with van der Waals surface area (Å²) in [6, 6.07) is 2.07. The number of hydrogen-bond donors (Lipinski definition) is 2. The predicted molar refractivity (Wildman–Crippen MR) is 68.6 cm³/mol. The van der Waals surface area contributed by atoms with Gasteiger partial charge in [0.05, 0.1) is 22.2 Å². The summed E-state index contributed by atoms with van der Waals surface area (Å²) in [5.74, 6) is -0.661. The fraction of sp³-hybridized carbons (Fsp3) is 0.400. The third kappa shape index (κ3) is 4.40. The molecule has 0 bridgehead atoms. The molecule has 0 aliphatic rings. The van der Waals surface area contributed by atoms with Crippen molar-refractivity contribution in [1.29, 1.82) is 0 Å². The number of halogens is 2. The highest BCUT2D eigenvalue weighted by atomic mass is 35.5. The highest BCUT2D eigenvalue weighted by molar-refractivity contribution is 7.90. The van der Waals surface area contributed by atoms with Gasteiger partial charge in [0.2, 0.25) is 0 Å². The van der Waals surface area contributed by atoms with Gasteiger partial charge in [-0.05, 0) is 13.0 Å². The monoisotopic (exact) mass is 280 g/mol. The second kappa shape index (κ2) is 5.10. The number of rotatable bonds is 4. The number of benzene rings is 1. The first-order valence-corrected chi connectivity index (χ1v) is 7.31. The number of nitrogen functional groups attached to an aromatic ring is 1. The molecule has 0 spiro atoms.